The van der Waals surface area contributed by atoms with Gasteiger partial charge in [-0.3, -0.25) is 4.79 Å². The molecule has 1 N–H and O–H groups in total. The van der Waals surface area contributed by atoms with E-state index in [1.807, 2.05) is 20.8 Å². The van der Waals surface area contributed by atoms with Crippen LogP contribution in [0.4, 0.5) is 5.69 Å². The van der Waals surface area contributed by atoms with Crippen molar-refractivity contribution in [2.45, 2.75) is 43.4 Å². The van der Waals surface area contributed by atoms with Gasteiger partial charge in [-0.1, -0.05) is 31.5 Å². The molecule has 0 aromatic heterocycles. The molecule has 0 bridgehead atoms. The lowest BCUT2D eigenvalue weighted by Gasteiger charge is -2.21. The van der Waals surface area contributed by atoms with Crippen LogP contribution in [0, 0.1) is 6.92 Å². The minimum Gasteiger partial charge on any atom is -0.325 e. The topological polar surface area (TPSA) is 101 Å². The molecule has 0 atom stereocenters. The van der Waals surface area contributed by atoms with Crippen LogP contribution in [0.15, 0.2) is 58.3 Å². The lowest BCUT2D eigenvalue weighted by molar-refractivity contribution is -0.113. The molecular formula is C21H28N2O5S2. The minimum absolute atomic E-state index is 0.0802. The van der Waals surface area contributed by atoms with Crippen LogP contribution in [0.2, 0.25) is 0 Å². The van der Waals surface area contributed by atoms with Crippen LogP contribution in [-0.2, 0) is 24.7 Å². The third-order valence-corrected chi connectivity index (χ3v) is 7.97. The van der Waals surface area contributed by atoms with Crippen molar-refractivity contribution >= 4 is 31.5 Å². The molecule has 0 unspecified atom stereocenters. The van der Waals surface area contributed by atoms with E-state index in [0.29, 0.717) is 31.6 Å². The van der Waals surface area contributed by atoms with Crippen molar-refractivity contribution in [3.8, 4) is 0 Å². The first-order valence-corrected chi connectivity index (χ1v) is 12.9. The van der Waals surface area contributed by atoms with Crippen molar-refractivity contribution < 1.29 is 21.6 Å². The van der Waals surface area contributed by atoms with E-state index in [9.17, 15) is 21.6 Å². The van der Waals surface area contributed by atoms with Crippen LogP contribution < -0.4 is 5.32 Å². The lowest BCUT2D eigenvalue weighted by atomic mass is 10.2. The Hall–Kier alpha value is -2.23. The number of anilines is 1. The van der Waals surface area contributed by atoms with E-state index in [0.717, 1.165) is 5.56 Å². The molecule has 1 amide bonds. The summed E-state index contributed by atoms with van der Waals surface area (Å²) in [6.07, 6.45) is 1.42. The number of carbonyl (C=O) groups is 1. The number of hydrogen-bond acceptors (Lipinski definition) is 5. The van der Waals surface area contributed by atoms with E-state index in [1.165, 1.54) is 40.7 Å². The fourth-order valence-electron chi connectivity index (χ4n) is 2.91. The van der Waals surface area contributed by atoms with Crippen LogP contribution in [0.25, 0.3) is 0 Å². The molecule has 30 heavy (non-hydrogen) atoms. The third-order valence-electron chi connectivity index (χ3n) is 4.42. The largest absolute Gasteiger partial charge is 0.325 e. The fourth-order valence-corrected chi connectivity index (χ4v) is 5.67. The van der Waals surface area contributed by atoms with Crippen molar-refractivity contribution in [2.75, 3.05) is 24.2 Å². The number of aryl methyl sites for hydroxylation is 1. The highest BCUT2D eigenvalue weighted by atomic mass is 32.2. The molecule has 0 aliphatic heterocycles. The minimum atomic E-state index is -3.77. The standard InChI is InChI=1S/C21H28N2O5S2/c1-4-14-23(15-5-2)30(27,28)20-12-8-18(9-13-20)22-21(24)16-29(25,26)19-10-6-17(3)7-11-19/h6-13H,4-5,14-16H2,1-3H3,(H,22,24). The normalized spacial score (nSPS) is 12.1. The van der Waals surface area contributed by atoms with Crippen molar-refractivity contribution in [1.82, 2.24) is 4.31 Å². The van der Waals surface area contributed by atoms with Crippen molar-refractivity contribution in [3.63, 3.8) is 0 Å². The van der Waals surface area contributed by atoms with Crippen LogP contribution in [0.3, 0.4) is 0 Å². The molecule has 2 rings (SSSR count). The third kappa shape index (κ3) is 6.13. The van der Waals surface area contributed by atoms with Gasteiger partial charge in [0, 0.05) is 18.8 Å². The SMILES string of the molecule is CCCN(CCC)S(=O)(=O)c1ccc(NC(=O)CS(=O)(=O)c2ccc(C)cc2)cc1. The zero-order valence-electron chi connectivity index (χ0n) is 17.5. The first kappa shape index (κ1) is 24.0. The summed E-state index contributed by atoms with van der Waals surface area (Å²) < 4.78 is 51.8. The molecular weight excluding hydrogens is 424 g/mol. The Labute approximate surface area is 179 Å². The number of hydrogen-bond donors (Lipinski definition) is 1. The summed E-state index contributed by atoms with van der Waals surface area (Å²) in [5, 5.41) is 2.51. The fraction of sp³-hybridized carbons (Fsp3) is 0.381. The molecule has 0 saturated heterocycles. The number of nitrogens with zero attached hydrogens (tertiary/aromatic N) is 1. The average molecular weight is 453 g/mol. The van der Waals surface area contributed by atoms with Gasteiger partial charge in [0.1, 0.15) is 5.75 Å². The van der Waals surface area contributed by atoms with Gasteiger partial charge in [0.2, 0.25) is 15.9 Å². The zero-order chi connectivity index (χ0) is 22.4. The monoisotopic (exact) mass is 452 g/mol. The number of amides is 1. The second kappa shape index (κ2) is 10.2. The molecule has 9 heteroatoms. The van der Waals surface area contributed by atoms with Gasteiger partial charge >= 0.3 is 0 Å². The second-order valence-corrected chi connectivity index (χ2v) is 11.0. The van der Waals surface area contributed by atoms with Crippen LogP contribution >= 0.6 is 0 Å². The van der Waals surface area contributed by atoms with Gasteiger partial charge in [-0.25, -0.2) is 16.8 Å². The molecule has 0 fully saturated rings. The van der Waals surface area contributed by atoms with E-state index >= 15 is 0 Å². The van der Waals surface area contributed by atoms with E-state index in [1.54, 1.807) is 12.1 Å². The first-order valence-electron chi connectivity index (χ1n) is 9.79. The number of nitrogens with one attached hydrogen (secondary N) is 1. The zero-order valence-corrected chi connectivity index (χ0v) is 19.1. The number of rotatable bonds is 10. The van der Waals surface area contributed by atoms with Gasteiger partial charge in [0.15, 0.2) is 9.84 Å². The maximum absolute atomic E-state index is 12.8. The number of sulfone groups is 1. The molecule has 0 aliphatic rings. The van der Waals surface area contributed by atoms with Gasteiger partial charge in [-0.15, -0.1) is 0 Å². The predicted molar refractivity (Wildman–Crippen MR) is 118 cm³/mol. The highest BCUT2D eigenvalue weighted by Gasteiger charge is 2.23. The Morgan fingerprint density at radius 1 is 0.833 bits per heavy atom. The summed E-state index contributed by atoms with van der Waals surface area (Å²) in [5.41, 5.74) is 1.25. The maximum Gasteiger partial charge on any atom is 0.243 e. The van der Waals surface area contributed by atoms with Crippen LogP contribution in [0.1, 0.15) is 32.3 Å². The Balaban J connectivity index is 2.09. The summed E-state index contributed by atoms with van der Waals surface area (Å²) >= 11 is 0. The highest BCUT2D eigenvalue weighted by molar-refractivity contribution is 7.92. The molecule has 7 nitrogen and oxygen atoms in total. The lowest BCUT2D eigenvalue weighted by Crippen LogP contribution is -2.32. The van der Waals surface area contributed by atoms with Gasteiger partial charge < -0.3 is 5.32 Å². The Morgan fingerprint density at radius 3 is 1.83 bits per heavy atom. The van der Waals surface area contributed by atoms with Crippen molar-refractivity contribution in [1.29, 1.82) is 0 Å². The Morgan fingerprint density at radius 2 is 1.33 bits per heavy atom. The number of sulfonamides is 1. The van der Waals surface area contributed by atoms with Gasteiger partial charge in [-0.05, 0) is 56.2 Å². The quantitative estimate of drug-likeness (QED) is 0.596. The van der Waals surface area contributed by atoms with Gasteiger partial charge in [0.25, 0.3) is 0 Å². The average Bonchev–Trinajstić information content (AvgIpc) is 2.68. The van der Waals surface area contributed by atoms with Gasteiger partial charge in [0.05, 0.1) is 9.79 Å². The molecule has 0 spiro atoms. The van der Waals surface area contributed by atoms with E-state index in [4.69, 9.17) is 0 Å². The highest BCUT2D eigenvalue weighted by Crippen LogP contribution is 2.20. The van der Waals surface area contributed by atoms with Gasteiger partial charge in [-0.2, -0.15) is 4.31 Å². The van der Waals surface area contributed by atoms with E-state index in [2.05, 4.69) is 5.32 Å². The Bertz CT molecular complexity index is 1060. The summed E-state index contributed by atoms with van der Waals surface area (Å²) in [4.78, 5) is 12.4. The molecule has 0 radical (unpaired) electrons. The van der Waals surface area contributed by atoms with E-state index in [-0.39, 0.29) is 9.79 Å². The molecule has 0 heterocycles. The van der Waals surface area contributed by atoms with Crippen LogP contribution in [-0.4, -0.2) is 45.9 Å². The van der Waals surface area contributed by atoms with E-state index < -0.39 is 31.5 Å². The summed E-state index contributed by atoms with van der Waals surface area (Å²) in [6, 6.07) is 12.0. The van der Waals surface area contributed by atoms with Crippen LogP contribution in [0.5, 0.6) is 0 Å². The smallest absolute Gasteiger partial charge is 0.243 e. The Kier molecular flexibility index (Phi) is 8.17. The van der Waals surface area contributed by atoms with Crippen molar-refractivity contribution in [2.24, 2.45) is 0 Å². The molecule has 0 saturated carbocycles. The first-order chi connectivity index (χ1) is 14.1. The molecule has 0 aliphatic carbocycles. The number of benzene rings is 2. The summed E-state index contributed by atoms with van der Waals surface area (Å²) in [5.74, 6) is -1.39. The molecule has 164 valence electrons. The van der Waals surface area contributed by atoms with Crippen molar-refractivity contribution in [3.05, 3.63) is 54.1 Å². The summed E-state index contributed by atoms with van der Waals surface area (Å²) in [7, 11) is -7.38. The molecule has 2 aromatic rings. The number of carbonyl (C=O) groups excluding carboxylic acids is 1. The summed E-state index contributed by atoms with van der Waals surface area (Å²) in [6.45, 7) is 6.55. The molecule has 2 aromatic carbocycles. The second-order valence-electron chi connectivity index (χ2n) is 7.05. The maximum atomic E-state index is 12.8. The predicted octanol–water partition coefficient (Wildman–Crippen LogP) is 3.22.